The third-order valence-corrected chi connectivity index (χ3v) is 4.85. The van der Waals surface area contributed by atoms with Crippen molar-refractivity contribution in [3.63, 3.8) is 0 Å². The molecule has 0 saturated carbocycles. The predicted octanol–water partition coefficient (Wildman–Crippen LogP) is 2.56. The van der Waals surface area contributed by atoms with Gasteiger partial charge in [-0.1, -0.05) is 17.7 Å². The van der Waals surface area contributed by atoms with Gasteiger partial charge in [0.2, 0.25) is 11.8 Å². The maximum Gasteiger partial charge on any atom is 0.342 e. The Morgan fingerprint density at radius 2 is 2.00 bits per heavy atom. The molecule has 2 aromatic rings. The summed E-state index contributed by atoms with van der Waals surface area (Å²) in [6, 6.07) is 6.16. The molecule has 0 radical (unpaired) electrons. The summed E-state index contributed by atoms with van der Waals surface area (Å²) in [5, 5.41) is 2.58. The zero-order valence-corrected chi connectivity index (χ0v) is 16.8. The molecule has 2 amide bonds. The van der Waals surface area contributed by atoms with Gasteiger partial charge < -0.3 is 19.8 Å². The Kier molecular flexibility index (Phi) is 5.91. The number of aryl methyl sites for hydroxylation is 3. The molecule has 1 aromatic carbocycles. The number of furan rings is 1. The molecule has 0 bridgehead atoms. The minimum Gasteiger partial charge on any atom is -0.462 e. The zero-order valence-electron chi connectivity index (χ0n) is 16.8. The maximum absolute atomic E-state index is 12.7. The number of ether oxygens (including phenoxy) is 1. The van der Waals surface area contributed by atoms with Gasteiger partial charge >= 0.3 is 5.97 Å². The number of rotatable bonds is 6. The topological polar surface area (TPSA) is 115 Å². The Bertz CT molecular complexity index is 963. The molecule has 1 aliphatic heterocycles. The minimum absolute atomic E-state index is 0.0616. The Balaban J connectivity index is 1.81. The van der Waals surface area contributed by atoms with Crippen molar-refractivity contribution in [1.29, 1.82) is 0 Å². The fourth-order valence-corrected chi connectivity index (χ4v) is 3.62. The maximum atomic E-state index is 12.7. The first-order valence-electron chi connectivity index (χ1n) is 9.56. The second-order valence-corrected chi connectivity index (χ2v) is 7.03. The summed E-state index contributed by atoms with van der Waals surface area (Å²) in [6.45, 7) is 6.17. The largest absolute Gasteiger partial charge is 0.462 e. The highest BCUT2D eigenvalue weighted by Crippen LogP contribution is 2.29. The first kappa shape index (κ1) is 20.4. The number of carbonyl (C=O) groups excluding carboxylic acids is 3. The van der Waals surface area contributed by atoms with Gasteiger partial charge in [-0.3, -0.25) is 14.9 Å². The molecule has 0 atom stereocenters. The number of amides is 2. The average molecular weight is 399 g/mol. The van der Waals surface area contributed by atoms with Crippen molar-refractivity contribution in [2.45, 2.75) is 33.6 Å². The highest BCUT2D eigenvalue weighted by molar-refractivity contribution is 6.10. The summed E-state index contributed by atoms with van der Waals surface area (Å²) in [4.78, 5) is 38.7. The third-order valence-electron chi connectivity index (χ3n) is 4.85. The lowest BCUT2D eigenvalue weighted by Crippen LogP contribution is -2.37. The molecule has 1 aliphatic rings. The van der Waals surface area contributed by atoms with Crippen LogP contribution in [0.3, 0.4) is 0 Å². The molecule has 154 valence electrons. The molecule has 3 N–H and O–H groups in total. The van der Waals surface area contributed by atoms with E-state index >= 15 is 0 Å². The Morgan fingerprint density at radius 3 is 2.69 bits per heavy atom. The van der Waals surface area contributed by atoms with Crippen LogP contribution in [0.1, 0.15) is 50.9 Å². The Labute approximate surface area is 169 Å². The van der Waals surface area contributed by atoms with Gasteiger partial charge in [0.25, 0.3) is 5.91 Å². The fourth-order valence-electron chi connectivity index (χ4n) is 3.62. The molecule has 8 heteroatoms. The molecular formula is C21H25N3O5. The SMILES string of the molecule is CCOC(=O)c1c(C)oc(NC(=O)CN2CCCc3cc(C)ccc32)c1C(N)=O. The van der Waals surface area contributed by atoms with E-state index < -0.39 is 11.9 Å². The summed E-state index contributed by atoms with van der Waals surface area (Å²) in [7, 11) is 0. The lowest BCUT2D eigenvalue weighted by atomic mass is 9.99. The highest BCUT2D eigenvalue weighted by Gasteiger charge is 2.29. The Hall–Kier alpha value is -3.29. The molecule has 0 fully saturated rings. The van der Waals surface area contributed by atoms with Crippen LogP contribution in [-0.4, -0.2) is 37.5 Å². The van der Waals surface area contributed by atoms with Gasteiger partial charge in [-0.05, 0) is 45.2 Å². The van der Waals surface area contributed by atoms with Crippen molar-refractivity contribution < 1.29 is 23.5 Å². The van der Waals surface area contributed by atoms with Gasteiger partial charge in [0.1, 0.15) is 16.9 Å². The molecule has 0 unspecified atom stereocenters. The lowest BCUT2D eigenvalue weighted by molar-refractivity contribution is -0.115. The van der Waals surface area contributed by atoms with E-state index in [0.29, 0.717) is 0 Å². The van der Waals surface area contributed by atoms with Gasteiger partial charge in [0, 0.05) is 12.2 Å². The summed E-state index contributed by atoms with van der Waals surface area (Å²) in [6.07, 6.45) is 1.92. The lowest BCUT2D eigenvalue weighted by Gasteiger charge is -2.30. The van der Waals surface area contributed by atoms with Crippen LogP contribution in [0.4, 0.5) is 11.6 Å². The quantitative estimate of drug-likeness (QED) is 0.722. The third kappa shape index (κ3) is 4.26. The van der Waals surface area contributed by atoms with E-state index in [1.807, 2.05) is 24.0 Å². The fraction of sp³-hybridized carbons (Fsp3) is 0.381. The zero-order chi connectivity index (χ0) is 21.1. The van der Waals surface area contributed by atoms with E-state index in [9.17, 15) is 14.4 Å². The smallest absolute Gasteiger partial charge is 0.342 e. The van der Waals surface area contributed by atoms with Gasteiger partial charge in [0.15, 0.2) is 0 Å². The van der Waals surface area contributed by atoms with Gasteiger partial charge in [-0.2, -0.15) is 0 Å². The molecule has 3 rings (SSSR count). The van der Waals surface area contributed by atoms with Crippen molar-refractivity contribution in [3.8, 4) is 0 Å². The number of hydrogen-bond donors (Lipinski definition) is 2. The second-order valence-electron chi connectivity index (χ2n) is 7.03. The number of hydrogen-bond acceptors (Lipinski definition) is 6. The summed E-state index contributed by atoms with van der Waals surface area (Å²) in [5.41, 5.74) is 8.60. The van der Waals surface area contributed by atoms with Crippen molar-refractivity contribution in [3.05, 3.63) is 46.2 Å². The predicted molar refractivity (Wildman–Crippen MR) is 108 cm³/mol. The molecule has 0 aliphatic carbocycles. The number of nitrogens with two attached hydrogens (primary N) is 1. The molecule has 29 heavy (non-hydrogen) atoms. The first-order valence-corrected chi connectivity index (χ1v) is 9.56. The molecule has 0 spiro atoms. The summed E-state index contributed by atoms with van der Waals surface area (Å²) >= 11 is 0. The van der Waals surface area contributed by atoms with Crippen molar-refractivity contribution in [2.75, 3.05) is 29.9 Å². The number of nitrogens with zero attached hydrogens (tertiary/aromatic N) is 1. The second kappa shape index (κ2) is 8.38. The average Bonchev–Trinajstić information content (AvgIpc) is 2.97. The molecule has 2 heterocycles. The number of fused-ring (bicyclic) bond motifs is 1. The molecule has 1 aromatic heterocycles. The standard InChI is InChI=1S/C21H25N3O5/c1-4-28-21(27)17-13(3)29-20(18(17)19(22)26)23-16(25)11-24-9-5-6-14-10-12(2)7-8-15(14)24/h7-8,10H,4-6,9,11H2,1-3H3,(H2,22,26)(H,23,25). The molecule has 0 saturated heterocycles. The number of benzene rings is 1. The van der Waals surface area contributed by atoms with Crippen LogP contribution in [0, 0.1) is 13.8 Å². The van der Waals surface area contributed by atoms with E-state index in [4.69, 9.17) is 14.9 Å². The van der Waals surface area contributed by atoms with Crippen LogP contribution in [-0.2, 0) is 16.0 Å². The van der Waals surface area contributed by atoms with E-state index in [1.165, 1.54) is 18.1 Å². The first-order chi connectivity index (χ1) is 13.8. The van der Waals surface area contributed by atoms with Gasteiger partial charge in [0.05, 0.1) is 13.2 Å². The van der Waals surface area contributed by atoms with Crippen LogP contribution in [0.15, 0.2) is 22.6 Å². The van der Waals surface area contributed by atoms with Crippen LogP contribution >= 0.6 is 0 Å². The Morgan fingerprint density at radius 1 is 1.24 bits per heavy atom. The van der Waals surface area contributed by atoms with E-state index in [-0.39, 0.29) is 41.8 Å². The number of anilines is 2. The number of esters is 1. The minimum atomic E-state index is -0.876. The van der Waals surface area contributed by atoms with E-state index in [0.717, 1.165) is 25.1 Å². The molecular weight excluding hydrogens is 374 g/mol. The number of nitrogens with one attached hydrogen (secondary N) is 1. The monoisotopic (exact) mass is 399 g/mol. The van der Waals surface area contributed by atoms with E-state index in [2.05, 4.69) is 11.4 Å². The van der Waals surface area contributed by atoms with E-state index in [1.54, 1.807) is 6.92 Å². The number of carbonyl (C=O) groups is 3. The number of primary amides is 1. The highest BCUT2D eigenvalue weighted by atomic mass is 16.5. The van der Waals surface area contributed by atoms with Crippen LogP contribution in [0.5, 0.6) is 0 Å². The van der Waals surface area contributed by atoms with Crippen molar-refractivity contribution in [2.24, 2.45) is 5.73 Å². The summed E-state index contributed by atoms with van der Waals surface area (Å²) < 4.78 is 10.4. The van der Waals surface area contributed by atoms with Crippen LogP contribution in [0.2, 0.25) is 0 Å². The summed E-state index contributed by atoms with van der Waals surface area (Å²) in [5.74, 6) is -1.94. The normalized spacial score (nSPS) is 13.0. The van der Waals surface area contributed by atoms with Gasteiger partial charge in [-0.25, -0.2) is 4.79 Å². The van der Waals surface area contributed by atoms with Crippen molar-refractivity contribution >= 4 is 29.4 Å². The van der Waals surface area contributed by atoms with Crippen molar-refractivity contribution in [1.82, 2.24) is 0 Å². The van der Waals surface area contributed by atoms with Gasteiger partial charge in [-0.15, -0.1) is 0 Å². The molecule has 8 nitrogen and oxygen atoms in total. The van der Waals surface area contributed by atoms with Crippen LogP contribution < -0.4 is 16.0 Å². The van der Waals surface area contributed by atoms with Crippen LogP contribution in [0.25, 0.3) is 0 Å².